The van der Waals surface area contributed by atoms with Gasteiger partial charge in [-0.25, -0.2) is 0 Å². The number of para-hydroxylation sites is 1. The summed E-state index contributed by atoms with van der Waals surface area (Å²) in [7, 11) is 0. The van der Waals surface area contributed by atoms with Crippen LogP contribution in [-0.4, -0.2) is 81.7 Å². The Morgan fingerprint density at radius 2 is 1.65 bits per heavy atom. The lowest BCUT2D eigenvalue weighted by Crippen LogP contribution is -2.60. The minimum atomic E-state index is -1.29. The van der Waals surface area contributed by atoms with Gasteiger partial charge in [0.05, 0.1) is 30.1 Å². The fourth-order valence-corrected chi connectivity index (χ4v) is 8.09. The summed E-state index contributed by atoms with van der Waals surface area (Å²) in [6, 6.07) is 8.16. The Morgan fingerprint density at radius 3 is 2.33 bits per heavy atom. The number of nitrogens with zero attached hydrogens (tertiary/aromatic N) is 3. The molecule has 0 bridgehead atoms. The number of carbonyl (C=O) groups is 3. The van der Waals surface area contributed by atoms with Crippen molar-refractivity contribution in [1.82, 2.24) is 9.80 Å². The summed E-state index contributed by atoms with van der Waals surface area (Å²) in [6.45, 7) is 4.48. The first-order valence-electron chi connectivity index (χ1n) is 15.1. The van der Waals surface area contributed by atoms with Gasteiger partial charge in [-0.1, -0.05) is 75.6 Å². The van der Waals surface area contributed by atoms with E-state index in [9.17, 15) is 19.5 Å². The second-order valence-corrected chi connectivity index (χ2v) is 12.0. The van der Waals surface area contributed by atoms with E-state index in [4.69, 9.17) is 4.74 Å². The van der Waals surface area contributed by atoms with Crippen LogP contribution >= 0.6 is 0 Å². The van der Waals surface area contributed by atoms with Gasteiger partial charge in [0.1, 0.15) is 11.6 Å². The van der Waals surface area contributed by atoms with Crippen molar-refractivity contribution in [3.63, 3.8) is 0 Å². The molecular weight excluding hydrogens is 506 g/mol. The van der Waals surface area contributed by atoms with Crippen LogP contribution in [0.2, 0.25) is 0 Å². The van der Waals surface area contributed by atoms with Crippen molar-refractivity contribution in [1.29, 1.82) is 0 Å². The number of amides is 3. The van der Waals surface area contributed by atoms with E-state index in [0.29, 0.717) is 25.9 Å². The molecule has 3 fully saturated rings. The van der Waals surface area contributed by atoms with E-state index in [2.05, 4.69) is 0 Å². The molecule has 1 aromatic carbocycles. The number of carbonyl (C=O) groups excluding carboxylic acids is 3. The van der Waals surface area contributed by atoms with Gasteiger partial charge >= 0.3 is 0 Å². The van der Waals surface area contributed by atoms with E-state index in [1.165, 1.54) is 6.42 Å². The highest BCUT2D eigenvalue weighted by Crippen LogP contribution is 2.59. The van der Waals surface area contributed by atoms with Gasteiger partial charge in [-0.05, 0) is 37.8 Å². The number of anilines is 1. The summed E-state index contributed by atoms with van der Waals surface area (Å²) >= 11 is 0. The lowest BCUT2D eigenvalue weighted by molar-refractivity contribution is -0.157. The van der Waals surface area contributed by atoms with Gasteiger partial charge < -0.3 is 24.5 Å². The van der Waals surface area contributed by atoms with E-state index in [1.54, 1.807) is 9.80 Å². The average molecular weight is 548 g/mol. The number of aliphatic hydroxyl groups is 1. The maximum atomic E-state index is 14.6. The summed E-state index contributed by atoms with van der Waals surface area (Å²) < 4.78 is 7.07. The minimum Gasteiger partial charge on any atom is -0.394 e. The number of hydrogen-bond acceptors (Lipinski definition) is 5. The van der Waals surface area contributed by atoms with Gasteiger partial charge in [0.15, 0.2) is 0 Å². The molecule has 1 saturated carbocycles. The highest BCUT2D eigenvalue weighted by atomic mass is 16.5. The third-order valence-corrected chi connectivity index (χ3v) is 10.1. The molecular formula is C32H41N3O5. The van der Waals surface area contributed by atoms with Gasteiger partial charge in [0, 0.05) is 24.8 Å². The summed E-state index contributed by atoms with van der Waals surface area (Å²) in [5.41, 5.74) is -1.54. The molecule has 8 nitrogen and oxygen atoms in total. The summed E-state index contributed by atoms with van der Waals surface area (Å²) in [4.78, 5) is 49.0. The van der Waals surface area contributed by atoms with Crippen LogP contribution in [0, 0.1) is 11.8 Å². The molecule has 2 saturated heterocycles. The molecule has 0 aromatic heterocycles. The largest absolute Gasteiger partial charge is 0.394 e. The molecule has 4 aliphatic heterocycles. The lowest BCUT2D eigenvalue weighted by atomic mass is 9.73. The molecule has 1 spiro atoms. The minimum absolute atomic E-state index is 0.119. The zero-order valence-electron chi connectivity index (χ0n) is 23.6. The Morgan fingerprint density at radius 1 is 0.925 bits per heavy atom. The molecule has 6 atom stereocenters. The van der Waals surface area contributed by atoms with E-state index >= 15 is 0 Å². The quantitative estimate of drug-likeness (QED) is 0.551. The van der Waals surface area contributed by atoms with Crippen LogP contribution in [0.4, 0.5) is 5.69 Å². The van der Waals surface area contributed by atoms with Crippen molar-refractivity contribution >= 4 is 23.4 Å². The predicted molar refractivity (Wildman–Crippen MR) is 151 cm³/mol. The number of rotatable bonds is 6. The van der Waals surface area contributed by atoms with E-state index < -0.39 is 35.1 Å². The lowest BCUT2D eigenvalue weighted by Gasteiger charge is -2.42. The number of fused-ring (bicyclic) bond motifs is 2. The monoisotopic (exact) mass is 547 g/mol. The Balaban J connectivity index is 1.49. The van der Waals surface area contributed by atoms with Crippen molar-refractivity contribution in [2.24, 2.45) is 11.8 Å². The SMILES string of the molecule is CC[C@@H](CO)N1C(=O)[C@@H]2[C@H]3C(=O)N(c4ccccc4)CC=C[C@@]3(CC)O[C@@]23C=CCN(C2CCCCC2)C(=O)C13. The van der Waals surface area contributed by atoms with Crippen LogP contribution in [0.3, 0.4) is 0 Å². The summed E-state index contributed by atoms with van der Waals surface area (Å²) in [6.07, 6.45) is 14.0. The first-order chi connectivity index (χ1) is 19.4. The molecule has 214 valence electrons. The molecule has 40 heavy (non-hydrogen) atoms. The molecule has 5 aliphatic rings. The Bertz CT molecular complexity index is 1210. The molecule has 4 heterocycles. The number of ether oxygens (including phenoxy) is 1. The Kier molecular flexibility index (Phi) is 7.11. The smallest absolute Gasteiger partial charge is 0.249 e. The number of hydrogen-bond donors (Lipinski definition) is 1. The Labute approximate surface area is 236 Å². The van der Waals surface area contributed by atoms with Crippen molar-refractivity contribution in [2.45, 2.75) is 88.1 Å². The maximum absolute atomic E-state index is 14.6. The van der Waals surface area contributed by atoms with Crippen LogP contribution in [0.25, 0.3) is 0 Å². The predicted octanol–water partition coefficient (Wildman–Crippen LogP) is 3.45. The van der Waals surface area contributed by atoms with Gasteiger partial charge in [0.2, 0.25) is 17.7 Å². The van der Waals surface area contributed by atoms with Crippen molar-refractivity contribution in [3.8, 4) is 0 Å². The molecule has 1 aliphatic carbocycles. The highest BCUT2D eigenvalue weighted by molar-refractivity contribution is 6.04. The van der Waals surface area contributed by atoms with Crippen LogP contribution < -0.4 is 4.90 Å². The fraction of sp³-hybridized carbons (Fsp3) is 0.594. The van der Waals surface area contributed by atoms with Crippen molar-refractivity contribution in [3.05, 3.63) is 54.6 Å². The maximum Gasteiger partial charge on any atom is 0.249 e. The van der Waals surface area contributed by atoms with Gasteiger partial charge in [-0.2, -0.15) is 0 Å². The molecule has 0 radical (unpaired) electrons. The first-order valence-corrected chi connectivity index (χ1v) is 15.1. The number of benzene rings is 1. The topological polar surface area (TPSA) is 90.4 Å². The zero-order chi connectivity index (χ0) is 28.1. The second kappa shape index (κ2) is 10.5. The van der Waals surface area contributed by atoms with Gasteiger partial charge in [0.25, 0.3) is 0 Å². The first kappa shape index (κ1) is 27.2. The van der Waals surface area contributed by atoms with E-state index in [1.807, 2.05) is 73.4 Å². The van der Waals surface area contributed by atoms with Crippen LogP contribution in [-0.2, 0) is 19.1 Å². The summed E-state index contributed by atoms with van der Waals surface area (Å²) in [5, 5.41) is 10.4. The fourth-order valence-electron chi connectivity index (χ4n) is 8.09. The molecule has 1 aromatic rings. The zero-order valence-corrected chi connectivity index (χ0v) is 23.6. The number of likely N-dealkylation sites (tertiary alicyclic amines) is 1. The highest BCUT2D eigenvalue weighted by Gasteiger charge is 2.76. The number of aliphatic hydroxyl groups excluding tert-OH is 1. The molecule has 1 N–H and O–H groups in total. The van der Waals surface area contributed by atoms with E-state index in [0.717, 1.165) is 31.4 Å². The van der Waals surface area contributed by atoms with Crippen molar-refractivity contribution in [2.75, 3.05) is 24.6 Å². The average Bonchev–Trinajstić information content (AvgIpc) is 3.27. The molecule has 6 rings (SSSR count). The Hall–Kier alpha value is -2.97. The standard InChI is InChI=1S/C32H41N3O5/c1-3-22(21-36)35-27-30(39)34(24-15-9-6-10-16-24)20-12-18-32(27)26(29(35)38)25-28(37)33(23-13-7-5-8-14-23)19-11-17-31(25,4-2)40-32/h5,7-8,11-14,17-18,22,24-27,36H,3-4,6,9-10,15-16,19-21H2,1-2H3/t22-,25-,26-,27?,31+,32-/m0/s1. The van der Waals surface area contributed by atoms with Gasteiger partial charge in [-0.3, -0.25) is 14.4 Å². The third kappa shape index (κ3) is 3.90. The van der Waals surface area contributed by atoms with Crippen molar-refractivity contribution < 1.29 is 24.2 Å². The summed E-state index contributed by atoms with van der Waals surface area (Å²) in [5.74, 6) is -2.23. The van der Waals surface area contributed by atoms with Crippen LogP contribution in [0.5, 0.6) is 0 Å². The normalized spacial score (nSPS) is 34.9. The van der Waals surface area contributed by atoms with E-state index in [-0.39, 0.29) is 30.4 Å². The van der Waals surface area contributed by atoms with Crippen LogP contribution in [0.15, 0.2) is 54.6 Å². The second-order valence-electron chi connectivity index (χ2n) is 12.0. The van der Waals surface area contributed by atoms with Crippen LogP contribution in [0.1, 0.15) is 58.8 Å². The molecule has 1 unspecified atom stereocenters. The third-order valence-electron chi connectivity index (χ3n) is 10.1. The molecule has 8 heteroatoms. The molecule has 3 amide bonds. The van der Waals surface area contributed by atoms with Gasteiger partial charge in [-0.15, -0.1) is 0 Å².